The first kappa shape index (κ1) is 24.1. The molecule has 8 heteroatoms. The molecule has 2 atom stereocenters. The van der Waals surface area contributed by atoms with Gasteiger partial charge in [0.1, 0.15) is 18.3 Å². The molecule has 3 rings (SSSR count). The summed E-state index contributed by atoms with van der Waals surface area (Å²) in [6.45, 7) is 5.87. The van der Waals surface area contributed by atoms with E-state index in [2.05, 4.69) is 5.32 Å². The predicted molar refractivity (Wildman–Crippen MR) is 122 cm³/mol. The van der Waals surface area contributed by atoms with Gasteiger partial charge < -0.3 is 24.4 Å². The van der Waals surface area contributed by atoms with Crippen LogP contribution in [0.25, 0.3) is 0 Å². The average molecular weight is 455 g/mol. The Labute approximate surface area is 193 Å². The van der Waals surface area contributed by atoms with Gasteiger partial charge in [-0.3, -0.25) is 0 Å². The van der Waals surface area contributed by atoms with Crippen molar-refractivity contribution in [2.75, 3.05) is 13.1 Å². The molecule has 0 aliphatic carbocycles. The first-order valence-corrected chi connectivity index (χ1v) is 10.9. The van der Waals surface area contributed by atoms with Crippen LogP contribution in [0.2, 0.25) is 0 Å². The summed E-state index contributed by atoms with van der Waals surface area (Å²) in [4.78, 5) is 39.1. The lowest BCUT2D eigenvalue weighted by molar-refractivity contribution is -0.00910. The maximum Gasteiger partial charge on any atom is 0.410 e. The largest absolute Gasteiger partial charge is 0.456 e. The number of carbonyl (C=O) groups excluding carboxylic acids is 3. The molecule has 0 bridgehead atoms. The summed E-state index contributed by atoms with van der Waals surface area (Å²) in [7, 11) is 0. The third kappa shape index (κ3) is 7.52. The molecule has 2 aromatic rings. The number of hydrogen-bond donors (Lipinski definition) is 1. The van der Waals surface area contributed by atoms with Gasteiger partial charge in [0.05, 0.1) is 11.6 Å². The molecule has 1 aliphatic heterocycles. The minimum Gasteiger partial charge on any atom is -0.456 e. The van der Waals surface area contributed by atoms with Crippen molar-refractivity contribution in [3.8, 4) is 0 Å². The van der Waals surface area contributed by atoms with Gasteiger partial charge in [-0.25, -0.2) is 14.4 Å². The normalized spacial score (nSPS) is 18.2. The summed E-state index contributed by atoms with van der Waals surface area (Å²) in [5, 5.41) is 2.75. The maximum atomic E-state index is 12.6. The molecule has 33 heavy (non-hydrogen) atoms. The van der Waals surface area contributed by atoms with Crippen LogP contribution in [0.3, 0.4) is 0 Å². The monoisotopic (exact) mass is 454 g/mol. The smallest absolute Gasteiger partial charge is 0.410 e. The van der Waals surface area contributed by atoms with E-state index in [1.54, 1.807) is 45.0 Å². The second-order valence-electron chi connectivity index (χ2n) is 8.84. The zero-order valence-electron chi connectivity index (χ0n) is 19.2. The van der Waals surface area contributed by atoms with Gasteiger partial charge >= 0.3 is 18.2 Å². The van der Waals surface area contributed by atoms with Crippen molar-refractivity contribution in [3.05, 3.63) is 71.8 Å². The molecule has 2 unspecified atom stereocenters. The summed E-state index contributed by atoms with van der Waals surface area (Å²) in [6, 6.07) is 17.4. The quantitative estimate of drug-likeness (QED) is 0.539. The average Bonchev–Trinajstić information content (AvgIpc) is 2.78. The molecule has 176 valence electrons. The number of rotatable bonds is 5. The number of carbonyl (C=O) groups is 3. The van der Waals surface area contributed by atoms with Crippen molar-refractivity contribution in [1.29, 1.82) is 0 Å². The third-order valence-corrected chi connectivity index (χ3v) is 4.98. The Hall–Kier alpha value is -3.55. The lowest BCUT2D eigenvalue weighted by Crippen LogP contribution is -2.58. The number of hydrogen-bond acceptors (Lipinski definition) is 6. The number of alkyl carbamates (subject to hydrolysis) is 1. The lowest BCUT2D eigenvalue weighted by Gasteiger charge is -2.38. The van der Waals surface area contributed by atoms with E-state index in [4.69, 9.17) is 14.2 Å². The zero-order valence-corrected chi connectivity index (χ0v) is 19.2. The van der Waals surface area contributed by atoms with E-state index in [0.717, 1.165) is 5.56 Å². The van der Waals surface area contributed by atoms with Crippen molar-refractivity contribution >= 4 is 18.2 Å². The highest BCUT2D eigenvalue weighted by Gasteiger charge is 2.36. The fourth-order valence-electron chi connectivity index (χ4n) is 3.43. The van der Waals surface area contributed by atoms with Crippen LogP contribution in [0.4, 0.5) is 9.59 Å². The highest BCUT2D eigenvalue weighted by molar-refractivity contribution is 5.89. The summed E-state index contributed by atoms with van der Waals surface area (Å²) < 4.78 is 16.5. The van der Waals surface area contributed by atoms with Crippen LogP contribution in [0.5, 0.6) is 0 Å². The molecule has 2 aromatic carbocycles. The molecular weight excluding hydrogens is 424 g/mol. The number of benzene rings is 2. The number of amides is 2. The van der Waals surface area contributed by atoms with Gasteiger partial charge in [0.2, 0.25) is 0 Å². The first-order valence-electron chi connectivity index (χ1n) is 10.9. The standard InChI is InChI=1S/C25H30N2O6/c1-25(2,3)33-23(29)26-20-16-27(24(30)31-17-18-10-6-4-7-11-18)15-14-21(20)32-22(28)19-12-8-5-9-13-19/h4-13,20-21H,14-17H2,1-3H3,(H,26,29). The molecule has 1 heterocycles. The number of nitrogens with one attached hydrogen (secondary N) is 1. The lowest BCUT2D eigenvalue weighted by atomic mass is 10.0. The Bertz CT molecular complexity index is 942. The third-order valence-electron chi connectivity index (χ3n) is 4.98. The van der Waals surface area contributed by atoms with Crippen molar-refractivity contribution in [3.63, 3.8) is 0 Å². The van der Waals surface area contributed by atoms with Gasteiger partial charge in [-0.1, -0.05) is 48.5 Å². The van der Waals surface area contributed by atoms with Crippen LogP contribution >= 0.6 is 0 Å². The van der Waals surface area contributed by atoms with E-state index in [9.17, 15) is 14.4 Å². The molecule has 1 saturated heterocycles. The number of piperidine rings is 1. The van der Waals surface area contributed by atoms with Gasteiger partial charge in [0.25, 0.3) is 0 Å². The molecule has 0 saturated carbocycles. The topological polar surface area (TPSA) is 94.2 Å². The fraction of sp³-hybridized carbons (Fsp3) is 0.400. The summed E-state index contributed by atoms with van der Waals surface area (Å²) >= 11 is 0. The Morgan fingerprint density at radius 1 is 1.00 bits per heavy atom. The minimum absolute atomic E-state index is 0.125. The maximum absolute atomic E-state index is 12.6. The molecule has 1 aliphatic rings. The van der Waals surface area contributed by atoms with Gasteiger partial charge in [-0.15, -0.1) is 0 Å². The summed E-state index contributed by atoms with van der Waals surface area (Å²) in [5.41, 5.74) is 0.600. The minimum atomic E-state index is -0.691. The molecular formula is C25H30N2O6. The number of nitrogens with zero attached hydrogens (tertiary/aromatic N) is 1. The van der Waals surface area contributed by atoms with E-state index < -0.39 is 35.9 Å². The van der Waals surface area contributed by atoms with Crippen LogP contribution in [0.15, 0.2) is 60.7 Å². The van der Waals surface area contributed by atoms with Gasteiger partial charge in [-0.2, -0.15) is 0 Å². The predicted octanol–water partition coefficient (Wildman–Crippen LogP) is 4.15. The molecule has 2 amide bonds. The number of ether oxygens (including phenoxy) is 3. The van der Waals surface area contributed by atoms with Gasteiger partial charge in [0.15, 0.2) is 0 Å². The van der Waals surface area contributed by atoms with Crippen LogP contribution in [-0.4, -0.2) is 53.9 Å². The van der Waals surface area contributed by atoms with Crippen LogP contribution < -0.4 is 5.32 Å². The highest BCUT2D eigenvalue weighted by atomic mass is 16.6. The van der Waals surface area contributed by atoms with Crippen molar-refractivity contribution < 1.29 is 28.6 Å². The summed E-state index contributed by atoms with van der Waals surface area (Å²) in [6.07, 6.45) is -1.42. The molecule has 1 N–H and O–H groups in total. The zero-order chi connectivity index (χ0) is 23.8. The fourth-order valence-corrected chi connectivity index (χ4v) is 3.43. The van der Waals surface area contributed by atoms with E-state index in [1.807, 2.05) is 36.4 Å². The van der Waals surface area contributed by atoms with Gasteiger partial charge in [-0.05, 0) is 38.5 Å². The van der Waals surface area contributed by atoms with Crippen molar-refractivity contribution in [1.82, 2.24) is 10.2 Å². The second kappa shape index (κ2) is 10.8. The second-order valence-corrected chi connectivity index (χ2v) is 8.84. The molecule has 1 fully saturated rings. The highest BCUT2D eigenvalue weighted by Crippen LogP contribution is 2.19. The van der Waals surface area contributed by atoms with Crippen molar-refractivity contribution in [2.45, 2.75) is 51.5 Å². The van der Waals surface area contributed by atoms with Crippen molar-refractivity contribution in [2.24, 2.45) is 0 Å². The summed E-state index contributed by atoms with van der Waals surface area (Å²) in [5.74, 6) is -0.489. The Kier molecular flexibility index (Phi) is 7.92. The Balaban J connectivity index is 1.65. The molecule has 0 spiro atoms. The number of likely N-dealkylation sites (tertiary alicyclic amines) is 1. The van der Waals surface area contributed by atoms with E-state index in [1.165, 1.54) is 4.90 Å². The first-order chi connectivity index (χ1) is 15.7. The van der Waals surface area contributed by atoms with E-state index >= 15 is 0 Å². The van der Waals surface area contributed by atoms with E-state index in [0.29, 0.717) is 18.5 Å². The number of esters is 1. The van der Waals surface area contributed by atoms with Crippen LogP contribution in [0, 0.1) is 0 Å². The van der Waals surface area contributed by atoms with Crippen LogP contribution in [0.1, 0.15) is 43.1 Å². The SMILES string of the molecule is CC(C)(C)OC(=O)NC1CN(C(=O)OCc2ccccc2)CCC1OC(=O)c1ccccc1. The molecule has 0 radical (unpaired) electrons. The van der Waals surface area contributed by atoms with Gasteiger partial charge in [0, 0.05) is 19.5 Å². The van der Waals surface area contributed by atoms with E-state index in [-0.39, 0.29) is 13.2 Å². The molecule has 0 aromatic heterocycles. The Morgan fingerprint density at radius 3 is 2.27 bits per heavy atom. The molecule has 8 nitrogen and oxygen atoms in total. The van der Waals surface area contributed by atoms with Crippen LogP contribution in [-0.2, 0) is 20.8 Å². The Morgan fingerprint density at radius 2 is 1.64 bits per heavy atom.